The topological polar surface area (TPSA) is 28.4 Å². The molecule has 2 unspecified atom stereocenters. The molecule has 0 spiro atoms. The molecule has 7 rings (SSSR count). The zero-order chi connectivity index (χ0) is 22.6. The fraction of sp³-hybridized carbons (Fsp3) is 0.226. The molecule has 34 heavy (non-hydrogen) atoms. The van der Waals surface area contributed by atoms with Gasteiger partial charge in [-0.05, 0) is 54.5 Å². The summed E-state index contributed by atoms with van der Waals surface area (Å²) >= 11 is 0. The van der Waals surface area contributed by atoms with Gasteiger partial charge in [0.2, 0.25) is 0 Å². The highest BCUT2D eigenvalue weighted by molar-refractivity contribution is 5.90. The largest absolute Gasteiger partial charge is 0.460 e. The van der Waals surface area contributed by atoms with Gasteiger partial charge in [0.1, 0.15) is 11.3 Å². The van der Waals surface area contributed by atoms with Gasteiger partial charge >= 0.3 is 0 Å². The van der Waals surface area contributed by atoms with Gasteiger partial charge in [0, 0.05) is 47.6 Å². The van der Waals surface area contributed by atoms with Crippen molar-refractivity contribution in [1.29, 1.82) is 0 Å². The molecule has 1 saturated heterocycles. The van der Waals surface area contributed by atoms with Crippen molar-refractivity contribution < 1.29 is 4.42 Å². The molecule has 0 bridgehead atoms. The van der Waals surface area contributed by atoms with E-state index >= 15 is 0 Å². The van der Waals surface area contributed by atoms with Crippen molar-refractivity contribution in [3.05, 3.63) is 119 Å². The van der Waals surface area contributed by atoms with Crippen LogP contribution in [-0.4, -0.2) is 24.0 Å². The zero-order valence-corrected chi connectivity index (χ0v) is 19.4. The third kappa shape index (κ3) is 3.03. The number of para-hydroxylation sites is 1. The van der Waals surface area contributed by atoms with Crippen molar-refractivity contribution in [1.82, 2.24) is 10.2 Å². The monoisotopic (exact) mass is 444 g/mol. The highest BCUT2D eigenvalue weighted by Crippen LogP contribution is 2.48. The Hall–Kier alpha value is -3.72. The summed E-state index contributed by atoms with van der Waals surface area (Å²) < 4.78 is 6.40. The first-order chi connectivity index (χ1) is 16.8. The summed E-state index contributed by atoms with van der Waals surface area (Å²) in [6.45, 7) is 4.08. The van der Waals surface area contributed by atoms with E-state index < -0.39 is 0 Å². The highest BCUT2D eigenvalue weighted by atomic mass is 16.3. The number of benzene rings is 2. The van der Waals surface area contributed by atoms with E-state index in [1.165, 1.54) is 38.9 Å². The molecule has 3 nitrogen and oxygen atoms in total. The number of piperidine rings is 1. The Bertz CT molecular complexity index is 1450. The van der Waals surface area contributed by atoms with E-state index in [-0.39, 0.29) is 0 Å². The smallest absolute Gasteiger partial charge is 0.134 e. The van der Waals surface area contributed by atoms with E-state index in [9.17, 15) is 0 Å². The second-order valence-corrected chi connectivity index (χ2v) is 9.90. The first kappa shape index (κ1) is 19.7. The Morgan fingerprint density at radius 3 is 2.76 bits per heavy atom. The fourth-order valence-electron chi connectivity index (χ4n) is 6.20. The van der Waals surface area contributed by atoms with Crippen LogP contribution in [0.2, 0.25) is 0 Å². The van der Waals surface area contributed by atoms with Gasteiger partial charge in [0.25, 0.3) is 0 Å². The van der Waals surface area contributed by atoms with Gasteiger partial charge in [-0.3, -0.25) is 0 Å². The number of dihydropyridines is 1. The summed E-state index contributed by atoms with van der Waals surface area (Å²) in [6.07, 6.45) is 16.9. The second-order valence-electron chi connectivity index (χ2n) is 9.90. The van der Waals surface area contributed by atoms with Crippen LogP contribution in [0.1, 0.15) is 35.3 Å². The van der Waals surface area contributed by atoms with Crippen molar-refractivity contribution in [2.45, 2.75) is 25.3 Å². The summed E-state index contributed by atoms with van der Waals surface area (Å²) in [4.78, 5) is 2.52. The average Bonchev–Trinajstić information content (AvgIpc) is 3.25. The van der Waals surface area contributed by atoms with Crippen LogP contribution < -0.4 is 5.32 Å². The first-order valence-corrected chi connectivity index (χ1v) is 12.3. The van der Waals surface area contributed by atoms with E-state index in [4.69, 9.17) is 4.42 Å². The molecule has 3 heteroatoms. The van der Waals surface area contributed by atoms with Crippen LogP contribution in [0.5, 0.6) is 0 Å². The Morgan fingerprint density at radius 1 is 0.971 bits per heavy atom. The van der Waals surface area contributed by atoms with Gasteiger partial charge in [-0.25, -0.2) is 0 Å². The van der Waals surface area contributed by atoms with Crippen molar-refractivity contribution in [2.24, 2.45) is 5.92 Å². The summed E-state index contributed by atoms with van der Waals surface area (Å²) in [5, 5.41) is 4.88. The lowest BCUT2D eigenvalue weighted by molar-refractivity contribution is 0.222. The maximum absolute atomic E-state index is 6.40. The van der Waals surface area contributed by atoms with Gasteiger partial charge in [0.15, 0.2) is 0 Å². The lowest BCUT2D eigenvalue weighted by Gasteiger charge is -2.47. The third-order valence-electron chi connectivity index (χ3n) is 7.87. The quantitative estimate of drug-likeness (QED) is 0.494. The number of fused-ring (bicyclic) bond motifs is 6. The minimum absolute atomic E-state index is 0.317. The average molecular weight is 445 g/mol. The lowest BCUT2D eigenvalue weighted by atomic mass is 9.68. The predicted molar refractivity (Wildman–Crippen MR) is 139 cm³/mol. The SMILES string of the molecule is CC1=CC=C(c2ccccc2[C@H]2CN3C=CC=CC3C3=Cc4c(oc5ccccc45)CC32)NC1. The minimum Gasteiger partial charge on any atom is -0.460 e. The second kappa shape index (κ2) is 7.66. The molecule has 0 saturated carbocycles. The van der Waals surface area contributed by atoms with Crippen molar-refractivity contribution in [3.8, 4) is 0 Å². The molecule has 168 valence electrons. The molecule has 1 aromatic heterocycles. The molecule has 1 fully saturated rings. The molecule has 0 radical (unpaired) electrons. The van der Waals surface area contributed by atoms with E-state index in [1.54, 1.807) is 0 Å². The van der Waals surface area contributed by atoms with Crippen LogP contribution in [0.15, 0.2) is 101 Å². The number of rotatable bonds is 2. The molecular weight excluding hydrogens is 416 g/mol. The highest BCUT2D eigenvalue weighted by Gasteiger charge is 2.42. The molecule has 2 aromatic carbocycles. The standard InChI is InChI=1S/C31H28N2O/c1-20-13-14-28(32-18-20)22-9-3-2-8-21(22)27-19-33-15-7-6-11-29(33)25-16-26-23-10-4-5-12-30(23)34-31(26)17-24(25)27/h2-16,24,27,29,32H,17-19H2,1H3/t24?,27-,29?/m1/s1. The van der Waals surface area contributed by atoms with Gasteiger partial charge in [-0.1, -0.05) is 66.3 Å². The maximum atomic E-state index is 6.40. The fourth-order valence-corrected chi connectivity index (χ4v) is 6.20. The first-order valence-electron chi connectivity index (χ1n) is 12.3. The van der Waals surface area contributed by atoms with E-state index in [2.05, 4.69) is 108 Å². The normalized spacial score (nSPS) is 25.0. The van der Waals surface area contributed by atoms with Crippen LogP contribution >= 0.6 is 0 Å². The lowest BCUT2D eigenvalue weighted by Crippen LogP contribution is -2.46. The van der Waals surface area contributed by atoms with Crippen molar-refractivity contribution in [2.75, 3.05) is 13.1 Å². The maximum Gasteiger partial charge on any atom is 0.134 e. The summed E-state index contributed by atoms with van der Waals surface area (Å²) in [6, 6.07) is 17.7. The number of furan rings is 1. The summed E-state index contributed by atoms with van der Waals surface area (Å²) in [5.74, 6) is 1.92. The molecule has 0 amide bonds. The molecule has 3 aliphatic heterocycles. The molecule has 4 heterocycles. The van der Waals surface area contributed by atoms with Gasteiger partial charge in [-0.15, -0.1) is 0 Å². The minimum atomic E-state index is 0.317. The number of hydrogen-bond donors (Lipinski definition) is 1. The zero-order valence-electron chi connectivity index (χ0n) is 19.4. The molecule has 4 aliphatic rings. The Labute approximate surface area is 200 Å². The van der Waals surface area contributed by atoms with Crippen molar-refractivity contribution in [3.63, 3.8) is 0 Å². The number of hydrogen-bond acceptors (Lipinski definition) is 3. The van der Waals surface area contributed by atoms with E-state index in [1.807, 2.05) is 0 Å². The predicted octanol–water partition coefficient (Wildman–Crippen LogP) is 6.43. The van der Waals surface area contributed by atoms with Crippen LogP contribution in [0.4, 0.5) is 0 Å². The third-order valence-corrected chi connectivity index (χ3v) is 7.87. The van der Waals surface area contributed by atoms with Gasteiger partial charge in [0.05, 0.1) is 6.04 Å². The number of nitrogens with zero attached hydrogens (tertiary/aromatic N) is 1. The van der Waals surface area contributed by atoms with E-state index in [0.29, 0.717) is 17.9 Å². The van der Waals surface area contributed by atoms with E-state index in [0.717, 1.165) is 30.9 Å². The molecule has 3 aromatic rings. The van der Waals surface area contributed by atoms with Crippen molar-refractivity contribution >= 4 is 22.7 Å². The van der Waals surface area contributed by atoms with Crippen LogP contribution in [0.25, 0.3) is 22.7 Å². The van der Waals surface area contributed by atoms with Crippen LogP contribution in [0.3, 0.4) is 0 Å². The molecule has 3 atom stereocenters. The number of nitrogens with one attached hydrogen (secondary N) is 1. The summed E-state index contributed by atoms with van der Waals surface area (Å²) in [5.41, 5.74) is 9.11. The van der Waals surface area contributed by atoms with Crippen LogP contribution in [-0.2, 0) is 6.42 Å². The van der Waals surface area contributed by atoms with Gasteiger partial charge < -0.3 is 14.6 Å². The summed E-state index contributed by atoms with van der Waals surface area (Å²) in [7, 11) is 0. The number of allylic oxidation sites excluding steroid dienone is 4. The molecule has 1 N–H and O–H groups in total. The molecule has 1 aliphatic carbocycles. The Balaban J connectivity index is 1.37. The Kier molecular flexibility index (Phi) is 4.45. The van der Waals surface area contributed by atoms with Gasteiger partial charge in [-0.2, -0.15) is 0 Å². The molecular formula is C31H28N2O. The Morgan fingerprint density at radius 2 is 1.85 bits per heavy atom. The van der Waals surface area contributed by atoms with Crippen LogP contribution in [0, 0.1) is 5.92 Å².